The number of aromatic nitrogens is 1. The second-order valence-corrected chi connectivity index (χ2v) is 9.65. The number of aryl methyl sites for hydroxylation is 1. The molecule has 1 aliphatic rings. The number of para-hydroxylation sites is 1. The van der Waals surface area contributed by atoms with E-state index in [0.717, 1.165) is 27.2 Å². The fourth-order valence-electron chi connectivity index (χ4n) is 3.61. The molecule has 0 fully saturated rings. The van der Waals surface area contributed by atoms with Crippen molar-refractivity contribution in [2.24, 2.45) is 5.10 Å². The van der Waals surface area contributed by atoms with E-state index in [1.54, 1.807) is 24.3 Å². The average molecular weight is 493 g/mol. The van der Waals surface area contributed by atoms with Crippen LogP contribution in [-0.4, -0.2) is 33.1 Å². The van der Waals surface area contributed by atoms with Gasteiger partial charge in [0.05, 0.1) is 16.3 Å². The third-order valence-electron chi connectivity index (χ3n) is 5.16. The molecule has 0 aliphatic carbocycles. The van der Waals surface area contributed by atoms with Crippen LogP contribution in [0.25, 0.3) is 10.9 Å². The monoisotopic (exact) mass is 492 g/mol. The first-order valence-electron chi connectivity index (χ1n) is 11.7. The van der Waals surface area contributed by atoms with Crippen LogP contribution >= 0.6 is 11.8 Å². The van der Waals surface area contributed by atoms with E-state index in [1.165, 1.54) is 11.8 Å². The quantitative estimate of drug-likeness (QED) is 0.472. The minimum atomic E-state index is -0.513. The molecular weight excluding hydrogens is 460 g/mol. The van der Waals surface area contributed by atoms with Crippen LogP contribution < -0.4 is 15.5 Å². The molecule has 2 heterocycles. The summed E-state index contributed by atoms with van der Waals surface area (Å²) in [5.74, 6) is 0.750. The molecule has 0 radical (unpaired) electrons. The van der Waals surface area contributed by atoms with Gasteiger partial charge in [-0.05, 0) is 57.2 Å². The molecule has 0 saturated carbocycles. The minimum Gasteiger partial charge on any atom is -0.489 e. The molecule has 1 aliphatic heterocycles. The van der Waals surface area contributed by atoms with E-state index in [1.807, 2.05) is 65.0 Å². The number of nitrogens with one attached hydrogen (secondary N) is 2. The molecule has 3 aromatic rings. The molecule has 0 bridgehead atoms. The van der Waals surface area contributed by atoms with Gasteiger partial charge >= 0.3 is 0 Å². The number of nitrogens with zero attached hydrogens (tertiary/aromatic N) is 2. The topological polar surface area (TPSA) is 92.7 Å². The summed E-state index contributed by atoms with van der Waals surface area (Å²) in [6.07, 6.45) is 0.532. The van der Waals surface area contributed by atoms with Crippen LogP contribution in [0.4, 0.5) is 0 Å². The Balaban J connectivity index is 0.00000167. The largest absolute Gasteiger partial charge is 0.489 e. The Morgan fingerprint density at radius 1 is 1.14 bits per heavy atom. The molecule has 0 unspecified atom stereocenters. The number of pyridine rings is 1. The maximum Gasteiger partial charge on any atom is 0.251 e. The Hall–Kier alpha value is -3.39. The summed E-state index contributed by atoms with van der Waals surface area (Å²) in [6, 6.07) is 17.2. The predicted octanol–water partition coefficient (Wildman–Crippen LogP) is 5.22. The van der Waals surface area contributed by atoms with Gasteiger partial charge in [0.15, 0.2) is 0 Å². The lowest BCUT2D eigenvalue weighted by Crippen LogP contribution is -2.45. The van der Waals surface area contributed by atoms with Crippen molar-refractivity contribution < 1.29 is 14.3 Å². The summed E-state index contributed by atoms with van der Waals surface area (Å²) < 4.78 is 5.99. The number of carbonyl (C=O) groups is 2. The van der Waals surface area contributed by atoms with Gasteiger partial charge in [-0.1, -0.05) is 43.8 Å². The number of benzene rings is 2. The number of ether oxygens (including phenoxy) is 1. The lowest BCUT2D eigenvalue weighted by Gasteiger charge is -2.27. The smallest absolute Gasteiger partial charge is 0.251 e. The molecule has 0 saturated heterocycles. The summed E-state index contributed by atoms with van der Waals surface area (Å²) in [7, 11) is 0. The van der Waals surface area contributed by atoms with Crippen LogP contribution in [0.1, 0.15) is 55.7 Å². The van der Waals surface area contributed by atoms with Crippen molar-refractivity contribution in [3.63, 3.8) is 0 Å². The van der Waals surface area contributed by atoms with Crippen LogP contribution in [0.15, 0.2) is 59.7 Å². The van der Waals surface area contributed by atoms with Crippen molar-refractivity contribution in [2.45, 2.75) is 53.2 Å². The molecule has 0 spiro atoms. The van der Waals surface area contributed by atoms with Crippen molar-refractivity contribution in [2.75, 3.05) is 5.75 Å². The minimum absolute atomic E-state index is 0.111. The molecule has 8 heteroatoms. The van der Waals surface area contributed by atoms with Gasteiger partial charge in [-0.2, -0.15) is 5.10 Å². The number of hydrazone groups is 1. The number of hydrogen-bond donors (Lipinski definition) is 2. The van der Waals surface area contributed by atoms with Crippen molar-refractivity contribution in [1.82, 2.24) is 15.7 Å². The first kappa shape index (κ1) is 26.2. The third-order valence-corrected chi connectivity index (χ3v) is 6.14. The van der Waals surface area contributed by atoms with Gasteiger partial charge in [0, 0.05) is 34.2 Å². The molecule has 4 rings (SSSR count). The molecule has 2 aromatic carbocycles. The van der Waals surface area contributed by atoms with E-state index < -0.39 is 5.54 Å². The van der Waals surface area contributed by atoms with Crippen LogP contribution in [0.3, 0.4) is 0 Å². The van der Waals surface area contributed by atoms with E-state index in [2.05, 4.69) is 20.8 Å². The highest BCUT2D eigenvalue weighted by Gasteiger charge is 2.25. The normalized spacial score (nSPS) is 13.3. The number of rotatable bonds is 7. The fraction of sp³-hybridized carbons (Fsp3) is 0.333. The fourth-order valence-corrected chi connectivity index (χ4v) is 4.54. The number of fused-ring (bicyclic) bond motifs is 1. The Labute approximate surface area is 210 Å². The van der Waals surface area contributed by atoms with Gasteiger partial charge in [-0.3, -0.25) is 14.6 Å². The van der Waals surface area contributed by atoms with Crippen molar-refractivity contribution in [3.05, 3.63) is 71.4 Å². The zero-order valence-corrected chi connectivity index (χ0v) is 21.7. The van der Waals surface area contributed by atoms with Crippen molar-refractivity contribution >= 4 is 39.5 Å². The third kappa shape index (κ3) is 7.29. The molecule has 184 valence electrons. The van der Waals surface area contributed by atoms with Crippen molar-refractivity contribution in [3.8, 4) is 5.75 Å². The highest BCUT2D eigenvalue weighted by atomic mass is 32.2. The van der Waals surface area contributed by atoms with Crippen LogP contribution in [0, 0.1) is 6.92 Å². The van der Waals surface area contributed by atoms with Crippen molar-refractivity contribution in [1.29, 1.82) is 0 Å². The number of carbonyl (C=O) groups excluding carboxylic acids is 2. The lowest BCUT2D eigenvalue weighted by molar-refractivity contribution is -0.118. The molecule has 35 heavy (non-hydrogen) atoms. The molecule has 7 nitrogen and oxygen atoms in total. The maximum atomic E-state index is 12.8. The Morgan fingerprint density at radius 3 is 2.54 bits per heavy atom. The predicted molar refractivity (Wildman–Crippen MR) is 143 cm³/mol. The average Bonchev–Trinajstić information content (AvgIpc) is 2.85. The van der Waals surface area contributed by atoms with E-state index in [-0.39, 0.29) is 11.8 Å². The molecular formula is C27H32N4O3S. The zero-order chi connectivity index (χ0) is 25.4. The Bertz CT molecular complexity index is 1220. The SMILES string of the molecule is CC.Cc1cc(COc2ccc(C(=O)NC(C)(C)CC3=NNC(=O)CS3)cc2)c2ccccc2n1. The highest BCUT2D eigenvalue weighted by molar-refractivity contribution is 8.14. The van der Waals surface area contributed by atoms with E-state index >= 15 is 0 Å². The zero-order valence-electron chi connectivity index (χ0n) is 20.8. The summed E-state index contributed by atoms with van der Waals surface area (Å²) in [6.45, 7) is 10.3. The van der Waals surface area contributed by atoms with Crippen LogP contribution in [-0.2, 0) is 11.4 Å². The second kappa shape index (κ2) is 11.8. The Kier molecular flexibility index (Phi) is 8.87. The van der Waals surface area contributed by atoms with Crippen LogP contribution in [0.2, 0.25) is 0 Å². The Morgan fingerprint density at radius 2 is 1.86 bits per heavy atom. The van der Waals surface area contributed by atoms with Gasteiger partial charge in [0.25, 0.3) is 5.91 Å². The van der Waals surface area contributed by atoms with E-state index in [0.29, 0.717) is 30.1 Å². The number of hydrogen-bond acceptors (Lipinski definition) is 6. The van der Waals surface area contributed by atoms with Gasteiger partial charge in [0.2, 0.25) is 5.91 Å². The highest BCUT2D eigenvalue weighted by Crippen LogP contribution is 2.22. The molecule has 2 amide bonds. The van der Waals surface area contributed by atoms with Gasteiger partial charge in [-0.15, -0.1) is 0 Å². The molecule has 0 atom stereocenters. The maximum absolute atomic E-state index is 12.8. The standard InChI is InChI=1S/C25H26N4O3S.C2H6/c1-16-12-18(20-6-4-5-7-21(20)26-16)14-32-19-10-8-17(9-11-19)24(31)27-25(2,3)13-23-29-28-22(30)15-33-23;1-2/h4-12H,13-15H2,1-3H3,(H,27,31)(H,28,30);1-2H3. The molecule has 2 N–H and O–H groups in total. The summed E-state index contributed by atoms with van der Waals surface area (Å²) in [5, 5.41) is 8.97. The number of thioether (sulfide) groups is 1. The molecule has 1 aromatic heterocycles. The lowest BCUT2D eigenvalue weighted by atomic mass is 10.0. The second-order valence-electron chi connectivity index (χ2n) is 8.60. The van der Waals surface area contributed by atoms with Gasteiger partial charge < -0.3 is 10.1 Å². The number of amides is 2. The van der Waals surface area contributed by atoms with E-state index in [9.17, 15) is 9.59 Å². The summed E-state index contributed by atoms with van der Waals surface area (Å²) in [5.41, 5.74) is 5.48. The van der Waals surface area contributed by atoms with Crippen LogP contribution in [0.5, 0.6) is 5.75 Å². The first-order chi connectivity index (χ1) is 16.8. The van der Waals surface area contributed by atoms with E-state index in [4.69, 9.17) is 4.74 Å². The first-order valence-corrected chi connectivity index (χ1v) is 12.7. The summed E-state index contributed by atoms with van der Waals surface area (Å²) in [4.78, 5) is 28.6. The van der Waals surface area contributed by atoms with Gasteiger partial charge in [-0.25, -0.2) is 5.43 Å². The summed E-state index contributed by atoms with van der Waals surface area (Å²) >= 11 is 1.39. The van der Waals surface area contributed by atoms with Gasteiger partial charge in [0.1, 0.15) is 12.4 Å².